The van der Waals surface area contributed by atoms with E-state index in [1.54, 1.807) is 0 Å². The third-order valence-corrected chi connectivity index (χ3v) is 5.80. The summed E-state index contributed by atoms with van der Waals surface area (Å²) in [6.07, 6.45) is 5.31. The van der Waals surface area contributed by atoms with Gasteiger partial charge in [-0.25, -0.2) is 0 Å². The summed E-state index contributed by atoms with van der Waals surface area (Å²) in [6, 6.07) is 0. The largest absolute Gasteiger partial charge is 0.369 e. The van der Waals surface area contributed by atoms with Crippen molar-refractivity contribution in [1.29, 1.82) is 0 Å². The highest BCUT2D eigenvalue weighted by atomic mass is 16.1. The molecule has 21 heavy (non-hydrogen) atoms. The molecule has 0 aromatic carbocycles. The van der Waals surface area contributed by atoms with Crippen LogP contribution < -0.4 is 11.1 Å². The van der Waals surface area contributed by atoms with E-state index < -0.39 is 0 Å². The van der Waals surface area contributed by atoms with Crippen molar-refractivity contribution in [1.82, 2.24) is 20.1 Å². The van der Waals surface area contributed by atoms with Crippen LogP contribution in [-0.2, 0) is 11.3 Å². The molecule has 1 saturated heterocycles. The fourth-order valence-electron chi connectivity index (χ4n) is 4.58. The number of nitrogens with two attached hydrogens (primary N) is 1. The van der Waals surface area contributed by atoms with Crippen molar-refractivity contribution in [3.05, 3.63) is 11.6 Å². The van der Waals surface area contributed by atoms with Gasteiger partial charge in [0.2, 0.25) is 5.91 Å². The Kier molecular flexibility index (Phi) is 2.86. The number of carbonyl (C=O) groups is 1. The van der Waals surface area contributed by atoms with E-state index in [9.17, 15) is 4.79 Å². The van der Waals surface area contributed by atoms with Crippen molar-refractivity contribution < 1.29 is 4.79 Å². The van der Waals surface area contributed by atoms with Crippen LogP contribution in [0, 0.1) is 18.8 Å². The van der Waals surface area contributed by atoms with Crippen LogP contribution in [0.5, 0.6) is 0 Å². The van der Waals surface area contributed by atoms with Gasteiger partial charge in [-0.05, 0) is 51.5 Å². The van der Waals surface area contributed by atoms with Gasteiger partial charge in [0, 0.05) is 23.9 Å². The maximum Gasteiger partial charge on any atom is 0.220 e. The summed E-state index contributed by atoms with van der Waals surface area (Å²) in [5.74, 6) is 3.16. The molecule has 1 spiro atoms. The molecule has 114 valence electrons. The number of aromatic nitrogens is 3. The fourth-order valence-corrected chi connectivity index (χ4v) is 4.58. The molecule has 3 unspecified atom stereocenters. The Morgan fingerprint density at radius 1 is 1.38 bits per heavy atom. The second-order valence-corrected chi connectivity index (χ2v) is 6.99. The third-order valence-electron chi connectivity index (χ3n) is 5.80. The molecule has 2 aliphatic heterocycles. The number of amides is 1. The van der Waals surface area contributed by atoms with Gasteiger partial charge in [0.25, 0.3) is 0 Å². The van der Waals surface area contributed by atoms with Crippen molar-refractivity contribution in [2.75, 3.05) is 6.54 Å². The quantitative estimate of drug-likeness (QED) is 0.839. The van der Waals surface area contributed by atoms with Crippen LogP contribution >= 0.6 is 0 Å². The van der Waals surface area contributed by atoms with Gasteiger partial charge >= 0.3 is 0 Å². The number of nitrogens with zero attached hydrogens (tertiary/aromatic N) is 3. The summed E-state index contributed by atoms with van der Waals surface area (Å²) >= 11 is 0. The van der Waals surface area contributed by atoms with Gasteiger partial charge in [-0.2, -0.15) is 0 Å². The molecule has 1 aromatic heterocycles. The molecule has 1 amide bonds. The van der Waals surface area contributed by atoms with E-state index in [1.165, 1.54) is 12.8 Å². The predicted octanol–water partition coefficient (Wildman–Crippen LogP) is 0.708. The first-order valence-corrected chi connectivity index (χ1v) is 8.05. The van der Waals surface area contributed by atoms with Crippen molar-refractivity contribution in [3.8, 4) is 0 Å². The van der Waals surface area contributed by atoms with E-state index in [2.05, 4.69) is 20.1 Å². The summed E-state index contributed by atoms with van der Waals surface area (Å²) in [4.78, 5) is 11.5. The molecular formula is C15H23N5O. The zero-order chi connectivity index (χ0) is 14.6. The molecule has 4 rings (SSSR count). The van der Waals surface area contributed by atoms with E-state index in [4.69, 9.17) is 5.73 Å². The minimum absolute atomic E-state index is 0.0412. The highest BCUT2D eigenvalue weighted by Crippen LogP contribution is 2.58. The minimum Gasteiger partial charge on any atom is -0.369 e. The minimum atomic E-state index is -0.135. The molecule has 3 N–H and O–H groups in total. The summed E-state index contributed by atoms with van der Waals surface area (Å²) in [5, 5.41) is 12.4. The molecule has 1 aromatic rings. The van der Waals surface area contributed by atoms with E-state index in [0.29, 0.717) is 11.8 Å². The van der Waals surface area contributed by atoms with Crippen LogP contribution in [0.3, 0.4) is 0 Å². The van der Waals surface area contributed by atoms with Gasteiger partial charge in [-0.15, -0.1) is 10.2 Å². The standard InChI is InChI=1S/C15H23N5O/c1-9-18-19-14-11(3-2-6-20(9)14)12-8-15(12)7-10(13(16)21)4-5-17-15/h10-12,17H,2-8H2,1H3,(H2,16,21)/t10?,11-,12?,15?/m1/s1. The number of nitrogens with one attached hydrogen (secondary N) is 1. The van der Waals surface area contributed by atoms with Gasteiger partial charge in [0.15, 0.2) is 0 Å². The molecule has 0 radical (unpaired) electrons. The van der Waals surface area contributed by atoms with Crippen LogP contribution in [0.2, 0.25) is 0 Å². The first kappa shape index (κ1) is 13.2. The van der Waals surface area contributed by atoms with Gasteiger partial charge in [0.05, 0.1) is 0 Å². The maximum atomic E-state index is 11.5. The first-order valence-electron chi connectivity index (χ1n) is 8.05. The zero-order valence-electron chi connectivity index (χ0n) is 12.5. The lowest BCUT2D eigenvalue weighted by Gasteiger charge is -2.32. The number of hydrogen-bond donors (Lipinski definition) is 2. The topological polar surface area (TPSA) is 85.8 Å². The molecule has 1 aliphatic carbocycles. The highest BCUT2D eigenvalue weighted by Gasteiger charge is 2.60. The molecule has 6 nitrogen and oxygen atoms in total. The van der Waals surface area contributed by atoms with Gasteiger partial charge in [0.1, 0.15) is 11.6 Å². The SMILES string of the molecule is Cc1nnc2n1CCC[C@@H]2C1CC12CC(C(N)=O)CCN2. The molecule has 1 saturated carbocycles. The van der Waals surface area contributed by atoms with Crippen LogP contribution in [0.4, 0.5) is 0 Å². The number of hydrogen-bond acceptors (Lipinski definition) is 4. The summed E-state index contributed by atoms with van der Waals surface area (Å²) < 4.78 is 2.27. The number of fused-ring (bicyclic) bond motifs is 1. The molecule has 0 bridgehead atoms. The Balaban J connectivity index is 1.56. The number of primary amides is 1. The van der Waals surface area contributed by atoms with Crippen LogP contribution in [-0.4, -0.2) is 32.8 Å². The smallest absolute Gasteiger partial charge is 0.220 e. The Hall–Kier alpha value is -1.43. The van der Waals surface area contributed by atoms with Gasteiger partial charge in [-0.1, -0.05) is 0 Å². The van der Waals surface area contributed by atoms with Gasteiger partial charge < -0.3 is 15.6 Å². The third kappa shape index (κ3) is 1.99. The van der Waals surface area contributed by atoms with E-state index in [0.717, 1.165) is 44.0 Å². The number of piperidine rings is 1. The number of rotatable bonds is 2. The zero-order valence-corrected chi connectivity index (χ0v) is 12.5. The molecular weight excluding hydrogens is 266 g/mol. The highest BCUT2D eigenvalue weighted by molar-refractivity contribution is 5.77. The van der Waals surface area contributed by atoms with E-state index in [1.807, 2.05) is 6.92 Å². The predicted molar refractivity (Wildman–Crippen MR) is 77.5 cm³/mol. The fraction of sp³-hybridized carbons (Fsp3) is 0.800. The monoisotopic (exact) mass is 289 g/mol. The lowest BCUT2D eigenvalue weighted by atomic mass is 9.84. The molecule has 2 fully saturated rings. The van der Waals surface area contributed by atoms with Crippen LogP contribution in [0.25, 0.3) is 0 Å². The summed E-state index contributed by atoms with van der Waals surface area (Å²) in [6.45, 7) is 3.98. The molecule has 3 aliphatic rings. The summed E-state index contributed by atoms with van der Waals surface area (Å²) in [7, 11) is 0. The van der Waals surface area contributed by atoms with Gasteiger partial charge in [-0.3, -0.25) is 4.79 Å². The van der Waals surface area contributed by atoms with Crippen LogP contribution in [0.15, 0.2) is 0 Å². The number of carbonyl (C=O) groups excluding carboxylic acids is 1. The lowest BCUT2D eigenvalue weighted by molar-refractivity contribution is -0.123. The Bertz CT molecular complexity index is 583. The van der Waals surface area contributed by atoms with E-state index >= 15 is 0 Å². The average Bonchev–Trinajstić information content (AvgIpc) is 3.02. The molecule has 3 heterocycles. The molecule has 6 heteroatoms. The Labute approximate surface area is 124 Å². The van der Waals surface area contributed by atoms with Crippen LogP contribution in [0.1, 0.15) is 49.7 Å². The number of aryl methyl sites for hydroxylation is 1. The average molecular weight is 289 g/mol. The van der Waals surface area contributed by atoms with Crippen molar-refractivity contribution in [2.45, 2.75) is 57.0 Å². The second-order valence-electron chi connectivity index (χ2n) is 6.99. The van der Waals surface area contributed by atoms with E-state index in [-0.39, 0.29) is 17.4 Å². The Morgan fingerprint density at radius 2 is 2.24 bits per heavy atom. The normalized spacial score (nSPS) is 38.2. The molecule has 4 atom stereocenters. The van der Waals surface area contributed by atoms with Crippen molar-refractivity contribution >= 4 is 5.91 Å². The summed E-state index contributed by atoms with van der Waals surface area (Å²) in [5.41, 5.74) is 5.66. The maximum absolute atomic E-state index is 11.5. The van der Waals surface area contributed by atoms with Crippen molar-refractivity contribution in [2.24, 2.45) is 17.6 Å². The lowest BCUT2D eigenvalue weighted by Crippen LogP contribution is -2.46. The Morgan fingerprint density at radius 3 is 3.05 bits per heavy atom. The first-order chi connectivity index (χ1) is 10.1. The van der Waals surface area contributed by atoms with Crippen molar-refractivity contribution in [3.63, 3.8) is 0 Å². The second kappa shape index (κ2) is 4.53.